The first-order valence-electron chi connectivity index (χ1n) is 5.59. The number of hydrogen-bond donors (Lipinski definition) is 0. The van der Waals surface area contributed by atoms with Crippen LogP contribution in [-0.2, 0) is 0 Å². The molecule has 0 amide bonds. The van der Waals surface area contributed by atoms with Gasteiger partial charge in [-0.1, -0.05) is 18.0 Å². The van der Waals surface area contributed by atoms with Gasteiger partial charge in [0.25, 0.3) is 0 Å². The Kier molecular flexibility index (Phi) is 3.49. The van der Waals surface area contributed by atoms with E-state index in [0.717, 1.165) is 11.8 Å². The van der Waals surface area contributed by atoms with E-state index in [1.54, 1.807) is 6.07 Å². The van der Waals surface area contributed by atoms with Crippen molar-refractivity contribution in [1.82, 2.24) is 0 Å². The van der Waals surface area contributed by atoms with Crippen molar-refractivity contribution in [2.75, 3.05) is 6.61 Å². The van der Waals surface area contributed by atoms with Crippen LogP contribution in [0, 0.1) is 12.8 Å². The fourth-order valence-electron chi connectivity index (χ4n) is 1.86. The average molecular weight is 239 g/mol. The van der Waals surface area contributed by atoms with Crippen molar-refractivity contribution in [1.29, 1.82) is 0 Å². The molecule has 1 aliphatic rings. The molecule has 0 radical (unpaired) electrons. The summed E-state index contributed by atoms with van der Waals surface area (Å²) >= 11 is 6.07. The molecule has 0 aliphatic heterocycles. The van der Waals surface area contributed by atoms with E-state index in [9.17, 15) is 4.79 Å². The Morgan fingerprint density at radius 1 is 1.50 bits per heavy atom. The fraction of sp³-hybridized carbons (Fsp3) is 0.462. The van der Waals surface area contributed by atoms with E-state index in [2.05, 4.69) is 0 Å². The summed E-state index contributed by atoms with van der Waals surface area (Å²) in [7, 11) is 0. The van der Waals surface area contributed by atoms with Gasteiger partial charge in [-0.25, -0.2) is 0 Å². The van der Waals surface area contributed by atoms with E-state index in [1.165, 1.54) is 19.3 Å². The SMILES string of the molecule is Cc1cc(Cl)c(OCC2CCC2)c(C=O)c1. The van der Waals surface area contributed by atoms with E-state index < -0.39 is 0 Å². The Bertz CT molecular complexity index is 397. The van der Waals surface area contributed by atoms with Gasteiger partial charge in [0.05, 0.1) is 17.2 Å². The Morgan fingerprint density at radius 3 is 2.81 bits per heavy atom. The van der Waals surface area contributed by atoms with Crippen molar-refractivity contribution in [3.8, 4) is 5.75 Å². The number of aryl methyl sites for hydroxylation is 1. The predicted octanol–water partition coefficient (Wildman–Crippen LogP) is 3.64. The first kappa shape index (κ1) is 11.5. The zero-order valence-electron chi connectivity index (χ0n) is 9.33. The molecule has 0 aromatic heterocycles. The minimum Gasteiger partial charge on any atom is -0.491 e. The highest BCUT2D eigenvalue weighted by Crippen LogP contribution is 2.32. The van der Waals surface area contributed by atoms with Crippen molar-refractivity contribution in [3.05, 3.63) is 28.3 Å². The number of ether oxygens (including phenoxy) is 1. The van der Waals surface area contributed by atoms with Crippen molar-refractivity contribution in [3.63, 3.8) is 0 Å². The van der Waals surface area contributed by atoms with Crippen molar-refractivity contribution in [2.24, 2.45) is 5.92 Å². The normalized spacial score (nSPS) is 15.6. The molecule has 0 spiro atoms. The Balaban J connectivity index is 2.13. The van der Waals surface area contributed by atoms with Gasteiger partial charge in [0.2, 0.25) is 0 Å². The lowest BCUT2D eigenvalue weighted by Crippen LogP contribution is -2.19. The second kappa shape index (κ2) is 4.88. The third-order valence-corrected chi connectivity index (χ3v) is 3.31. The van der Waals surface area contributed by atoms with E-state index >= 15 is 0 Å². The van der Waals surface area contributed by atoms with Gasteiger partial charge >= 0.3 is 0 Å². The van der Waals surface area contributed by atoms with Crippen LogP contribution in [0.3, 0.4) is 0 Å². The molecule has 1 aromatic carbocycles. The van der Waals surface area contributed by atoms with Gasteiger partial charge < -0.3 is 4.74 Å². The Morgan fingerprint density at radius 2 is 2.25 bits per heavy atom. The molecule has 1 aliphatic carbocycles. The van der Waals surface area contributed by atoms with Gasteiger partial charge in [-0.15, -0.1) is 0 Å². The van der Waals surface area contributed by atoms with Crippen LogP contribution < -0.4 is 4.74 Å². The second-order valence-corrected chi connectivity index (χ2v) is 4.80. The van der Waals surface area contributed by atoms with E-state index in [0.29, 0.717) is 28.9 Å². The lowest BCUT2D eigenvalue weighted by atomic mass is 9.86. The summed E-state index contributed by atoms with van der Waals surface area (Å²) in [5.74, 6) is 1.17. The number of halogens is 1. The van der Waals surface area contributed by atoms with Crippen molar-refractivity contribution in [2.45, 2.75) is 26.2 Å². The molecule has 0 saturated heterocycles. The maximum absolute atomic E-state index is 10.9. The highest BCUT2D eigenvalue weighted by molar-refractivity contribution is 6.32. The van der Waals surface area contributed by atoms with Gasteiger partial charge in [0.15, 0.2) is 6.29 Å². The highest BCUT2D eigenvalue weighted by Gasteiger charge is 2.19. The molecule has 2 rings (SSSR count). The van der Waals surface area contributed by atoms with Crippen molar-refractivity contribution < 1.29 is 9.53 Å². The van der Waals surface area contributed by atoms with Crippen LogP contribution in [0.4, 0.5) is 0 Å². The van der Waals surface area contributed by atoms with Crippen LogP contribution in [0.15, 0.2) is 12.1 Å². The molecule has 0 bridgehead atoms. The molecule has 0 heterocycles. The van der Waals surface area contributed by atoms with Gasteiger partial charge in [0, 0.05) is 0 Å². The smallest absolute Gasteiger partial charge is 0.153 e. The minimum atomic E-state index is 0.529. The molecule has 86 valence electrons. The number of hydrogen-bond acceptors (Lipinski definition) is 2. The number of rotatable bonds is 4. The van der Waals surface area contributed by atoms with Crippen LogP contribution in [0.2, 0.25) is 5.02 Å². The zero-order valence-corrected chi connectivity index (χ0v) is 10.1. The molecule has 0 unspecified atom stereocenters. The molecule has 0 atom stereocenters. The average Bonchev–Trinajstić information content (AvgIpc) is 2.17. The van der Waals surface area contributed by atoms with E-state index in [-0.39, 0.29) is 0 Å². The van der Waals surface area contributed by atoms with Gasteiger partial charge in [-0.3, -0.25) is 4.79 Å². The Labute approximate surface area is 101 Å². The maximum atomic E-state index is 10.9. The van der Waals surface area contributed by atoms with Crippen LogP contribution >= 0.6 is 11.6 Å². The highest BCUT2D eigenvalue weighted by atomic mass is 35.5. The second-order valence-electron chi connectivity index (χ2n) is 4.39. The summed E-state index contributed by atoms with van der Waals surface area (Å²) < 4.78 is 5.65. The topological polar surface area (TPSA) is 26.3 Å². The summed E-state index contributed by atoms with van der Waals surface area (Å²) in [6.45, 7) is 2.58. The largest absolute Gasteiger partial charge is 0.491 e. The molecule has 2 nitrogen and oxygen atoms in total. The lowest BCUT2D eigenvalue weighted by molar-refractivity contribution is 0.111. The summed E-state index contributed by atoms with van der Waals surface area (Å²) in [6, 6.07) is 3.62. The van der Waals surface area contributed by atoms with E-state index in [4.69, 9.17) is 16.3 Å². The first-order valence-corrected chi connectivity index (χ1v) is 5.96. The summed E-state index contributed by atoms with van der Waals surface area (Å²) in [5, 5.41) is 0.529. The van der Waals surface area contributed by atoms with Gasteiger partial charge in [-0.2, -0.15) is 0 Å². The predicted molar refractivity (Wildman–Crippen MR) is 64.4 cm³/mol. The quantitative estimate of drug-likeness (QED) is 0.749. The standard InChI is InChI=1S/C13H15ClO2/c1-9-5-11(7-15)13(12(14)6-9)16-8-10-3-2-4-10/h5-7,10H,2-4,8H2,1H3. The Hall–Kier alpha value is -1.02. The molecule has 1 saturated carbocycles. The molecule has 0 N–H and O–H groups in total. The molecular weight excluding hydrogens is 224 g/mol. The van der Waals surface area contributed by atoms with Gasteiger partial charge in [-0.05, 0) is 43.4 Å². The first-order chi connectivity index (χ1) is 7.70. The summed E-state index contributed by atoms with van der Waals surface area (Å²) in [4.78, 5) is 10.9. The monoisotopic (exact) mass is 238 g/mol. The molecule has 1 aromatic rings. The van der Waals surface area contributed by atoms with Crippen LogP contribution in [0.1, 0.15) is 35.2 Å². The third-order valence-electron chi connectivity index (χ3n) is 3.03. The van der Waals surface area contributed by atoms with Crippen LogP contribution in [-0.4, -0.2) is 12.9 Å². The lowest BCUT2D eigenvalue weighted by Gasteiger charge is -2.25. The molecule has 16 heavy (non-hydrogen) atoms. The molecule has 1 fully saturated rings. The number of carbonyl (C=O) groups excluding carboxylic acids is 1. The fourth-order valence-corrected chi connectivity index (χ4v) is 2.19. The maximum Gasteiger partial charge on any atom is 0.153 e. The number of aldehydes is 1. The molecule has 3 heteroatoms. The molecular formula is C13H15ClO2. The third kappa shape index (κ3) is 2.38. The minimum absolute atomic E-state index is 0.529. The number of carbonyl (C=O) groups is 1. The van der Waals surface area contributed by atoms with E-state index in [1.807, 2.05) is 13.0 Å². The zero-order chi connectivity index (χ0) is 11.5. The summed E-state index contributed by atoms with van der Waals surface area (Å²) in [6.07, 6.45) is 4.53. The van der Waals surface area contributed by atoms with Crippen LogP contribution in [0.25, 0.3) is 0 Å². The van der Waals surface area contributed by atoms with Crippen molar-refractivity contribution >= 4 is 17.9 Å². The van der Waals surface area contributed by atoms with Gasteiger partial charge in [0.1, 0.15) is 5.75 Å². The van der Waals surface area contributed by atoms with Crippen LogP contribution in [0.5, 0.6) is 5.75 Å². The number of benzene rings is 1. The summed E-state index contributed by atoms with van der Waals surface area (Å²) in [5.41, 5.74) is 1.52.